The first-order valence-corrected chi connectivity index (χ1v) is 5.62. The Morgan fingerprint density at radius 3 is 2.75 bits per heavy atom. The monoisotopic (exact) mass is 298 g/mol. The molecule has 0 saturated heterocycles. The molecule has 1 heterocycles. The first-order valence-electron chi connectivity index (χ1n) is 4.45. The first kappa shape index (κ1) is 11.2. The normalized spacial score (nSPS) is 10.1. The Bertz CT molecular complexity index is 501. The molecule has 6 heteroatoms. The molecule has 0 spiro atoms. The fourth-order valence-corrected chi connectivity index (χ4v) is 1.68. The summed E-state index contributed by atoms with van der Waals surface area (Å²) >= 11 is 9.35. The second kappa shape index (κ2) is 4.67. The van der Waals surface area contributed by atoms with E-state index in [1.165, 1.54) is 6.20 Å². The van der Waals surface area contributed by atoms with Crippen molar-refractivity contribution in [1.82, 2.24) is 9.97 Å². The summed E-state index contributed by atoms with van der Waals surface area (Å²) in [5.74, 6) is 0.993. The number of nitrogen functional groups attached to an aromatic ring is 1. The SMILES string of the molecule is Nc1cnc(Nc2cccc(Cl)c2Br)cn1. The number of benzene rings is 1. The molecule has 82 valence electrons. The van der Waals surface area contributed by atoms with Crippen molar-refractivity contribution in [3.05, 3.63) is 40.1 Å². The number of rotatable bonds is 2. The summed E-state index contributed by atoms with van der Waals surface area (Å²) in [5.41, 5.74) is 6.27. The average molecular weight is 300 g/mol. The van der Waals surface area contributed by atoms with Crippen LogP contribution in [0.15, 0.2) is 35.1 Å². The van der Waals surface area contributed by atoms with E-state index in [4.69, 9.17) is 17.3 Å². The Balaban J connectivity index is 2.27. The highest BCUT2D eigenvalue weighted by molar-refractivity contribution is 9.10. The van der Waals surface area contributed by atoms with Gasteiger partial charge in [-0.05, 0) is 28.1 Å². The molecule has 16 heavy (non-hydrogen) atoms. The molecule has 2 aromatic rings. The van der Waals surface area contributed by atoms with Gasteiger partial charge in [-0.1, -0.05) is 17.7 Å². The lowest BCUT2D eigenvalue weighted by Crippen LogP contribution is -1.97. The van der Waals surface area contributed by atoms with Gasteiger partial charge in [0, 0.05) is 0 Å². The lowest BCUT2D eigenvalue weighted by molar-refractivity contribution is 1.21. The number of halogens is 2. The van der Waals surface area contributed by atoms with Gasteiger partial charge in [0.1, 0.15) is 11.6 Å². The van der Waals surface area contributed by atoms with Gasteiger partial charge in [0.2, 0.25) is 0 Å². The molecule has 0 aliphatic rings. The molecular formula is C10H8BrClN4. The van der Waals surface area contributed by atoms with E-state index in [0.717, 1.165) is 10.2 Å². The molecule has 0 amide bonds. The van der Waals surface area contributed by atoms with Gasteiger partial charge in [0.05, 0.1) is 27.6 Å². The van der Waals surface area contributed by atoms with Crippen LogP contribution in [0, 0.1) is 0 Å². The molecule has 0 saturated carbocycles. The Kier molecular flexibility index (Phi) is 3.26. The molecule has 4 nitrogen and oxygen atoms in total. The van der Waals surface area contributed by atoms with Crippen LogP contribution in [0.5, 0.6) is 0 Å². The Morgan fingerprint density at radius 1 is 1.25 bits per heavy atom. The lowest BCUT2D eigenvalue weighted by atomic mass is 10.3. The second-order valence-corrected chi connectivity index (χ2v) is 4.25. The van der Waals surface area contributed by atoms with Gasteiger partial charge in [-0.3, -0.25) is 0 Å². The number of anilines is 3. The summed E-state index contributed by atoms with van der Waals surface area (Å²) in [6.07, 6.45) is 3.05. The summed E-state index contributed by atoms with van der Waals surface area (Å²) in [7, 11) is 0. The molecule has 2 rings (SSSR count). The summed E-state index contributed by atoms with van der Waals surface area (Å²) in [5, 5.41) is 3.71. The topological polar surface area (TPSA) is 63.8 Å². The fourth-order valence-electron chi connectivity index (χ4n) is 1.14. The molecule has 0 atom stereocenters. The summed E-state index contributed by atoms with van der Waals surface area (Å²) in [6, 6.07) is 5.53. The van der Waals surface area contributed by atoms with Crippen LogP contribution in [0.2, 0.25) is 5.02 Å². The minimum atomic E-state index is 0.385. The highest BCUT2D eigenvalue weighted by Gasteiger charge is 2.04. The third kappa shape index (κ3) is 2.43. The zero-order chi connectivity index (χ0) is 11.5. The van der Waals surface area contributed by atoms with Crippen molar-refractivity contribution in [2.24, 2.45) is 0 Å². The molecule has 0 aliphatic heterocycles. The molecule has 0 unspecified atom stereocenters. The van der Waals surface area contributed by atoms with Crippen molar-refractivity contribution in [3.63, 3.8) is 0 Å². The lowest BCUT2D eigenvalue weighted by Gasteiger charge is -2.08. The predicted molar refractivity (Wildman–Crippen MR) is 68.9 cm³/mol. The predicted octanol–water partition coefficient (Wildman–Crippen LogP) is 3.22. The number of nitrogens with one attached hydrogen (secondary N) is 1. The van der Waals surface area contributed by atoms with E-state index in [2.05, 4.69) is 31.2 Å². The van der Waals surface area contributed by atoms with Gasteiger partial charge in [0.15, 0.2) is 0 Å². The van der Waals surface area contributed by atoms with Crippen LogP contribution in [0.4, 0.5) is 17.3 Å². The third-order valence-corrected chi connectivity index (χ3v) is 3.28. The van der Waals surface area contributed by atoms with Crippen LogP contribution in [0.1, 0.15) is 0 Å². The van der Waals surface area contributed by atoms with Crippen LogP contribution in [0.3, 0.4) is 0 Å². The largest absolute Gasteiger partial charge is 0.382 e. The van der Waals surface area contributed by atoms with Gasteiger partial charge in [-0.2, -0.15) is 0 Å². The van der Waals surface area contributed by atoms with Gasteiger partial charge in [0.25, 0.3) is 0 Å². The number of nitrogens with zero attached hydrogens (tertiary/aromatic N) is 2. The van der Waals surface area contributed by atoms with Crippen LogP contribution in [-0.2, 0) is 0 Å². The van der Waals surface area contributed by atoms with E-state index in [1.807, 2.05) is 12.1 Å². The van der Waals surface area contributed by atoms with Crippen molar-refractivity contribution in [3.8, 4) is 0 Å². The minimum Gasteiger partial charge on any atom is -0.382 e. The molecule has 1 aromatic heterocycles. The molecule has 3 N–H and O–H groups in total. The van der Waals surface area contributed by atoms with E-state index in [9.17, 15) is 0 Å². The van der Waals surface area contributed by atoms with Crippen molar-refractivity contribution in [1.29, 1.82) is 0 Å². The first-order chi connectivity index (χ1) is 7.66. The number of hydrogen-bond acceptors (Lipinski definition) is 4. The van der Waals surface area contributed by atoms with E-state index < -0.39 is 0 Å². The maximum atomic E-state index is 5.96. The molecule has 0 fully saturated rings. The maximum absolute atomic E-state index is 5.96. The highest BCUT2D eigenvalue weighted by atomic mass is 79.9. The summed E-state index contributed by atoms with van der Waals surface area (Å²) < 4.78 is 0.787. The van der Waals surface area contributed by atoms with E-state index in [-0.39, 0.29) is 0 Å². The molecule has 0 bridgehead atoms. The van der Waals surface area contributed by atoms with Crippen LogP contribution in [0.25, 0.3) is 0 Å². The molecule has 1 aromatic carbocycles. The van der Waals surface area contributed by atoms with E-state index >= 15 is 0 Å². The molecule has 0 radical (unpaired) electrons. The molecule has 0 aliphatic carbocycles. The zero-order valence-corrected chi connectivity index (χ0v) is 10.5. The number of hydrogen-bond donors (Lipinski definition) is 2. The van der Waals surface area contributed by atoms with Gasteiger partial charge >= 0.3 is 0 Å². The van der Waals surface area contributed by atoms with E-state index in [1.54, 1.807) is 12.3 Å². The van der Waals surface area contributed by atoms with Crippen molar-refractivity contribution in [2.75, 3.05) is 11.1 Å². The van der Waals surface area contributed by atoms with E-state index in [0.29, 0.717) is 16.7 Å². The van der Waals surface area contributed by atoms with Crippen LogP contribution < -0.4 is 11.1 Å². The van der Waals surface area contributed by atoms with Gasteiger partial charge in [-0.25, -0.2) is 9.97 Å². The zero-order valence-electron chi connectivity index (χ0n) is 8.11. The summed E-state index contributed by atoms with van der Waals surface area (Å²) in [4.78, 5) is 8.01. The molecular weight excluding hydrogens is 291 g/mol. The minimum absolute atomic E-state index is 0.385. The smallest absolute Gasteiger partial charge is 0.149 e. The standard InChI is InChI=1S/C10H8BrClN4/c11-10-6(12)2-1-3-7(10)16-9-5-14-8(13)4-15-9/h1-5H,(H2,13,14)(H,15,16). The Hall–Kier alpha value is -1.33. The van der Waals surface area contributed by atoms with Crippen molar-refractivity contribution in [2.45, 2.75) is 0 Å². The van der Waals surface area contributed by atoms with Crippen LogP contribution in [-0.4, -0.2) is 9.97 Å². The average Bonchev–Trinajstić information content (AvgIpc) is 2.28. The highest BCUT2D eigenvalue weighted by Crippen LogP contribution is 2.31. The number of nitrogens with two attached hydrogens (primary N) is 1. The number of aromatic nitrogens is 2. The van der Waals surface area contributed by atoms with Gasteiger partial charge < -0.3 is 11.1 Å². The Labute approximate surface area is 106 Å². The second-order valence-electron chi connectivity index (χ2n) is 3.05. The fraction of sp³-hybridized carbons (Fsp3) is 0. The van der Waals surface area contributed by atoms with Crippen LogP contribution >= 0.6 is 27.5 Å². The van der Waals surface area contributed by atoms with Crippen molar-refractivity contribution < 1.29 is 0 Å². The maximum Gasteiger partial charge on any atom is 0.149 e. The third-order valence-electron chi connectivity index (χ3n) is 1.89. The summed E-state index contributed by atoms with van der Waals surface area (Å²) in [6.45, 7) is 0. The quantitative estimate of drug-likeness (QED) is 0.893. The Morgan fingerprint density at radius 2 is 2.06 bits per heavy atom. The van der Waals surface area contributed by atoms with Gasteiger partial charge in [-0.15, -0.1) is 0 Å². The van der Waals surface area contributed by atoms with Crippen molar-refractivity contribution >= 4 is 44.9 Å².